The molecule has 1 nitrogen and oxygen atoms in total. The Morgan fingerprint density at radius 2 is 1.33 bits per heavy atom. The number of hydrogen-bond acceptors (Lipinski definition) is 1. The number of aryl methyl sites for hydroxylation is 3. The van der Waals surface area contributed by atoms with Gasteiger partial charge < -0.3 is 5.73 Å². The molecule has 0 aromatic heterocycles. The first-order valence-corrected chi connectivity index (χ1v) is 8.80. The van der Waals surface area contributed by atoms with Crippen molar-refractivity contribution in [1.29, 1.82) is 0 Å². The van der Waals surface area contributed by atoms with E-state index in [9.17, 15) is 0 Å². The first-order valence-electron chi connectivity index (χ1n) is 8.80. The SMILES string of the molecule is Cc1cc(C)c(C(N)C23CC4CC(CC(C4)C2)C3)cc1C. The van der Waals surface area contributed by atoms with Gasteiger partial charge in [-0.15, -0.1) is 0 Å². The van der Waals surface area contributed by atoms with Crippen molar-refractivity contribution < 1.29 is 0 Å². The second kappa shape index (κ2) is 4.59. The average molecular weight is 283 g/mol. The van der Waals surface area contributed by atoms with Gasteiger partial charge in [-0.25, -0.2) is 0 Å². The van der Waals surface area contributed by atoms with Crippen LogP contribution in [-0.2, 0) is 0 Å². The van der Waals surface area contributed by atoms with Crippen molar-refractivity contribution in [2.75, 3.05) is 0 Å². The number of nitrogens with two attached hydrogens (primary N) is 1. The van der Waals surface area contributed by atoms with Crippen molar-refractivity contribution in [3.8, 4) is 0 Å². The van der Waals surface area contributed by atoms with Crippen molar-refractivity contribution in [3.63, 3.8) is 0 Å². The van der Waals surface area contributed by atoms with Crippen molar-refractivity contribution in [3.05, 3.63) is 34.4 Å². The predicted molar refractivity (Wildman–Crippen MR) is 88.2 cm³/mol. The zero-order valence-corrected chi connectivity index (χ0v) is 13.8. The monoisotopic (exact) mass is 283 g/mol. The van der Waals surface area contributed by atoms with Gasteiger partial charge in [0.05, 0.1) is 0 Å². The third-order valence-corrected chi connectivity index (χ3v) is 6.96. The minimum absolute atomic E-state index is 0.255. The lowest BCUT2D eigenvalue weighted by atomic mass is 9.47. The Labute approximate surface area is 129 Å². The van der Waals surface area contributed by atoms with E-state index in [1.165, 1.54) is 60.8 Å². The van der Waals surface area contributed by atoms with Gasteiger partial charge in [-0.3, -0.25) is 0 Å². The third-order valence-electron chi connectivity index (χ3n) is 6.96. The summed E-state index contributed by atoms with van der Waals surface area (Å²) < 4.78 is 0. The smallest absolute Gasteiger partial charge is 0.0355 e. The number of hydrogen-bond donors (Lipinski definition) is 1. The summed E-state index contributed by atoms with van der Waals surface area (Å²) in [5.41, 5.74) is 13.0. The lowest BCUT2D eigenvalue weighted by Gasteiger charge is -2.59. The number of benzene rings is 1. The van der Waals surface area contributed by atoms with Crippen molar-refractivity contribution in [2.45, 2.75) is 65.3 Å². The summed E-state index contributed by atoms with van der Waals surface area (Å²) in [6.45, 7) is 6.69. The van der Waals surface area contributed by atoms with Gasteiger partial charge in [0.1, 0.15) is 0 Å². The fraction of sp³-hybridized carbons (Fsp3) is 0.700. The zero-order valence-electron chi connectivity index (χ0n) is 13.8. The highest BCUT2D eigenvalue weighted by Crippen LogP contribution is 2.63. The number of rotatable bonds is 2. The van der Waals surface area contributed by atoms with E-state index in [0.717, 1.165) is 17.8 Å². The first-order chi connectivity index (χ1) is 9.97. The minimum Gasteiger partial charge on any atom is -0.323 e. The molecule has 1 aromatic carbocycles. The summed E-state index contributed by atoms with van der Waals surface area (Å²) in [7, 11) is 0. The lowest BCUT2D eigenvalue weighted by molar-refractivity contribution is -0.0678. The summed E-state index contributed by atoms with van der Waals surface area (Å²) in [5.74, 6) is 2.94. The molecule has 1 atom stereocenters. The van der Waals surface area contributed by atoms with E-state index in [1.807, 2.05) is 0 Å². The molecule has 21 heavy (non-hydrogen) atoms. The van der Waals surface area contributed by atoms with E-state index in [2.05, 4.69) is 32.9 Å². The van der Waals surface area contributed by atoms with Crippen LogP contribution >= 0.6 is 0 Å². The Morgan fingerprint density at radius 3 is 1.86 bits per heavy atom. The topological polar surface area (TPSA) is 26.0 Å². The quantitative estimate of drug-likeness (QED) is 0.826. The van der Waals surface area contributed by atoms with Gasteiger partial charge in [0.15, 0.2) is 0 Å². The maximum atomic E-state index is 6.91. The second-order valence-electron chi connectivity index (χ2n) is 8.55. The molecule has 2 N–H and O–H groups in total. The summed E-state index contributed by atoms with van der Waals surface area (Å²) >= 11 is 0. The molecule has 4 bridgehead atoms. The van der Waals surface area contributed by atoms with Gasteiger partial charge in [0.25, 0.3) is 0 Å². The Kier molecular flexibility index (Phi) is 3.02. The summed E-state index contributed by atoms with van der Waals surface area (Å²) in [5, 5.41) is 0. The molecule has 0 radical (unpaired) electrons. The molecule has 5 rings (SSSR count). The molecule has 0 spiro atoms. The van der Waals surface area contributed by atoms with E-state index >= 15 is 0 Å². The third kappa shape index (κ3) is 2.08. The van der Waals surface area contributed by atoms with Crippen LogP contribution in [0.25, 0.3) is 0 Å². The van der Waals surface area contributed by atoms with Crippen molar-refractivity contribution in [2.24, 2.45) is 28.9 Å². The molecule has 4 aliphatic carbocycles. The van der Waals surface area contributed by atoms with Crippen LogP contribution in [-0.4, -0.2) is 0 Å². The van der Waals surface area contributed by atoms with Gasteiger partial charge in [0, 0.05) is 6.04 Å². The van der Waals surface area contributed by atoms with Crippen LogP contribution in [0.2, 0.25) is 0 Å². The van der Waals surface area contributed by atoms with Crippen LogP contribution in [0.1, 0.15) is 66.8 Å². The molecule has 1 aromatic rings. The first kappa shape index (κ1) is 13.8. The van der Waals surface area contributed by atoms with Crippen LogP contribution in [0.15, 0.2) is 12.1 Å². The molecule has 1 heteroatoms. The molecule has 4 fully saturated rings. The minimum atomic E-state index is 0.255. The van der Waals surface area contributed by atoms with Crippen LogP contribution in [0, 0.1) is 43.9 Å². The zero-order chi connectivity index (χ0) is 14.8. The summed E-state index contributed by atoms with van der Waals surface area (Å²) in [6.07, 6.45) is 8.68. The van der Waals surface area contributed by atoms with Crippen LogP contribution < -0.4 is 5.73 Å². The van der Waals surface area contributed by atoms with Crippen molar-refractivity contribution >= 4 is 0 Å². The molecule has 0 saturated heterocycles. The molecule has 4 saturated carbocycles. The van der Waals surface area contributed by atoms with E-state index in [4.69, 9.17) is 5.73 Å². The predicted octanol–water partition coefficient (Wildman–Crippen LogP) is 4.83. The van der Waals surface area contributed by atoms with Crippen molar-refractivity contribution in [1.82, 2.24) is 0 Å². The molecule has 0 heterocycles. The molecule has 1 unspecified atom stereocenters. The summed E-state index contributed by atoms with van der Waals surface area (Å²) in [4.78, 5) is 0. The van der Waals surface area contributed by atoms with Gasteiger partial charge in [-0.1, -0.05) is 12.1 Å². The van der Waals surface area contributed by atoms with E-state index in [0.29, 0.717) is 5.41 Å². The molecule has 114 valence electrons. The Bertz CT molecular complexity index is 536. The maximum absolute atomic E-state index is 6.91. The van der Waals surface area contributed by atoms with E-state index < -0.39 is 0 Å². The molecule has 0 amide bonds. The Hall–Kier alpha value is -0.820. The van der Waals surface area contributed by atoms with Crippen LogP contribution in [0.3, 0.4) is 0 Å². The van der Waals surface area contributed by atoms with Crippen LogP contribution in [0.4, 0.5) is 0 Å². The van der Waals surface area contributed by atoms with Crippen LogP contribution in [0.5, 0.6) is 0 Å². The molecular weight excluding hydrogens is 254 g/mol. The van der Waals surface area contributed by atoms with Gasteiger partial charge in [0.2, 0.25) is 0 Å². The second-order valence-corrected chi connectivity index (χ2v) is 8.55. The molecule has 0 aliphatic heterocycles. The highest BCUT2D eigenvalue weighted by atomic mass is 14.7. The van der Waals surface area contributed by atoms with E-state index in [-0.39, 0.29) is 6.04 Å². The highest BCUT2D eigenvalue weighted by Gasteiger charge is 2.53. The van der Waals surface area contributed by atoms with E-state index in [1.54, 1.807) is 0 Å². The van der Waals surface area contributed by atoms with Gasteiger partial charge in [-0.05, 0) is 105 Å². The normalized spacial score (nSPS) is 38.8. The fourth-order valence-electron chi connectivity index (χ4n) is 6.21. The summed E-state index contributed by atoms with van der Waals surface area (Å²) in [6, 6.07) is 4.98. The standard InChI is InChI=1S/C20H29N/c1-12-4-14(3)18(5-13(12)2)19(21)20-9-15-6-16(10-20)8-17(7-15)11-20/h4-5,15-17,19H,6-11,21H2,1-3H3. The van der Waals surface area contributed by atoms with Gasteiger partial charge in [-0.2, -0.15) is 0 Å². The largest absolute Gasteiger partial charge is 0.323 e. The average Bonchev–Trinajstić information content (AvgIpc) is 2.40. The fourth-order valence-corrected chi connectivity index (χ4v) is 6.21. The maximum Gasteiger partial charge on any atom is 0.0355 e. The Morgan fingerprint density at radius 1 is 0.857 bits per heavy atom. The lowest BCUT2D eigenvalue weighted by Crippen LogP contribution is -2.51. The van der Waals surface area contributed by atoms with Gasteiger partial charge >= 0.3 is 0 Å². The molecule has 4 aliphatic rings. The Balaban J connectivity index is 1.71. The molecular formula is C20H29N. The highest BCUT2D eigenvalue weighted by molar-refractivity contribution is 5.39.